The number of carbonyl (C=O) groups excluding carboxylic acids is 2. The maximum absolute atomic E-state index is 12.4. The van der Waals surface area contributed by atoms with E-state index in [9.17, 15) is 9.59 Å². The Morgan fingerprint density at radius 2 is 2.12 bits per heavy atom. The standard InChI is InChI=1S/C17H18N4O3S/c22-14(20-16-21-19-10-25-16)11-5-7-17(8-6-11)9-18-15(23)12-3-1-2-4-13(12)24-17/h1-4,10-11H,5-9H2,(H,18,23)(H,20,21,22). The van der Waals surface area contributed by atoms with E-state index < -0.39 is 5.60 Å². The van der Waals surface area contributed by atoms with Gasteiger partial charge in [0.25, 0.3) is 5.91 Å². The van der Waals surface area contributed by atoms with Crippen LogP contribution < -0.4 is 15.4 Å². The lowest BCUT2D eigenvalue weighted by Crippen LogP contribution is -2.48. The first-order valence-corrected chi connectivity index (χ1v) is 9.16. The second kappa shape index (κ2) is 6.44. The highest BCUT2D eigenvalue weighted by molar-refractivity contribution is 7.13. The summed E-state index contributed by atoms with van der Waals surface area (Å²) >= 11 is 1.31. The Bertz CT molecular complexity index is 785. The van der Waals surface area contributed by atoms with Crippen molar-refractivity contribution in [3.63, 3.8) is 0 Å². The number of fused-ring (bicyclic) bond motifs is 1. The largest absolute Gasteiger partial charge is 0.485 e. The molecular weight excluding hydrogens is 340 g/mol. The minimum atomic E-state index is -0.443. The summed E-state index contributed by atoms with van der Waals surface area (Å²) in [6.45, 7) is 0.464. The van der Waals surface area contributed by atoms with Gasteiger partial charge in [-0.1, -0.05) is 23.5 Å². The highest BCUT2D eigenvalue weighted by Crippen LogP contribution is 2.38. The van der Waals surface area contributed by atoms with Crippen LogP contribution in [-0.2, 0) is 4.79 Å². The van der Waals surface area contributed by atoms with Crippen LogP contribution in [0.5, 0.6) is 5.75 Å². The van der Waals surface area contributed by atoms with Gasteiger partial charge in [0.2, 0.25) is 11.0 Å². The number of benzene rings is 1. The van der Waals surface area contributed by atoms with Gasteiger partial charge in [0.05, 0.1) is 12.1 Å². The molecule has 130 valence electrons. The minimum Gasteiger partial charge on any atom is -0.485 e. The van der Waals surface area contributed by atoms with Crippen LogP contribution in [-0.4, -0.2) is 34.2 Å². The molecule has 1 saturated carbocycles. The summed E-state index contributed by atoms with van der Waals surface area (Å²) in [5.74, 6) is 0.412. The normalized spacial score (nSPS) is 25.4. The molecule has 1 fully saturated rings. The second-order valence-electron chi connectivity index (χ2n) is 6.47. The molecule has 8 heteroatoms. The van der Waals surface area contributed by atoms with Gasteiger partial charge in [-0.3, -0.25) is 9.59 Å². The smallest absolute Gasteiger partial charge is 0.255 e. The van der Waals surface area contributed by atoms with E-state index in [0.717, 1.165) is 12.8 Å². The molecule has 0 bridgehead atoms. The van der Waals surface area contributed by atoms with Crippen molar-refractivity contribution in [2.75, 3.05) is 11.9 Å². The summed E-state index contributed by atoms with van der Waals surface area (Å²) < 4.78 is 6.25. The van der Waals surface area contributed by atoms with Crippen molar-refractivity contribution in [3.8, 4) is 5.75 Å². The number of hydrogen-bond acceptors (Lipinski definition) is 6. The van der Waals surface area contributed by atoms with Crippen LogP contribution >= 0.6 is 11.3 Å². The van der Waals surface area contributed by atoms with E-state index in [-0.39, 0.29) is 17.7 Å². The summed E-state index contributed by atoms with van der Waals surface area (Å²) in [6, 6.07) is 7.29. The van der Waals surface area contributed by atoms with Gasteiger partial charge in [0.15, 0.2) is 0 Å². The first-order valence-electron chi connectivity index (χ1n) is 8.28. The van der Waals surface area contributed by atoms with Crippen molar-refractivity contribution in [2.45, 2.75) is 31.3 Å². The van der Waals surface area contributed by atoms with Gasteiger partial charge < -0.3 is 15.4 Å². The number of amides is 2. The highest BCUT2D eigenvalue weighted by atomic mass is 32.1. The van der Waals surface area contributed by atoms with E-state index in [4.69, 9.17) is 4.74 Å². The van der Waals surface area contributed by atoms with Crippen LogP contribution in [0.1, 0.15) is 36.0 Å². The third-order valence-corrected chi connectivity index (χ3v) is 5.49. The Balaban J connectivity index is 1.44. The van der Waals surface area contributed by atoms with E-state index in [2.05, 4.69) is 20.8 Å². The Morgan fingerprint density at radius 3 is 2.88 bits per heavy atom. The molecule has 25 heavy (non-hydrogen) atoms. The van der Waals surface area contributed by atoms with Crippen molar-refractivity contribution < 1.29 is 14.3 Å². The third kappa shape index (κ3) is 3.21. The number of aromatic nitrogens is 2. The average molecular weight is 358 g/mol. The number of nitrogens with zero attached hydrogens (tertiary/aromatic N) is 2. The quantitative estimate of drug-likeness (QED) is 0.859. The topological polar surface area (TPSA) is 93.2 Å². The summed E-state index contributed by atoms with van der Waals surface area (Å²) in [4.78, 5) is 24.6. The number of para-hydroxylation sites is 1. The van der Waals surface area contributed by atoms with Crippen LogP contribution in [0.15, 0.2) is 29.8 Å². The molecule has 2 N–H and O–H groups in total. The van der Waals surface area contributed by atoms with Gasteiger partial charge in [-0.15, -0.1) is 10.2 Å². The SMILES string of the molecule is O=C1NCC2(CCC(C(=O)Nc3nncs3)CC2)Oc2ccccc21. The fourth-order valence-electron chi connectivity index (χ4n) is 3.47. The molecule has 2 aliphatic rings. The van der Waals surface area contributed by atoms with Crippen molar-refractivity contribution in [1.82, 2.24) is 15.5 Å². The molecule has 1 aliphatic heterocycles. The molecule has 0 atom stereocenters. The zero-order valence-corrected chi connectivity index (χ0v) is 14.3. The van der Waals surface area contributed by atoms with Crippen LogP contribution in [0.2, 0.25) is 0 Å². The van der Waals surface area contributed by atoms with Crippen LogP contribution in [0, 0.1) is 5.92 Å². The Labute approximate surface area is 148 Å². The molecule has 2 aromatic rings. The van der Waals surface area contributed by atoms with E-state index in [1.165, 1.54) is 11.3 Å². The van der Waals surface area contributed by atoms with Crippen molar-refractivity contribution >= 4 is 28.3 Å². The number of rotatable bonds is 2. The van der Waals surface area contributed by atoms with Gasteiger partial charge in [0.1, 0.15) is 16.9 Å². The molecule has 0 saturated heterocycles. The first kappa shape index (κ1) is 16.0. The Kier molecular flexibility index (Phi) is 4.12. The molecular formula is C17H18N4O3S. The van der Waals surface area contributed by atoms with Crippen molar-refractivity contribution in [2.24, 2.45) is 5.92 Å². The zero-order valence-electron chi connectivity index (χ0n) is 13.5. The van der Waals surface area contributed by atoms with E-state index in [1.807, 2.05) is 18.2 Å². The predicted octanol–water partition coefficient (Wildman–Crippen LogP) is 2.23. The fourth-order valence-corrected chi connectivity index (χ4v) is 3.92. The second-order valence-corrected chi connectivity index (χ2v) is 7.30. The van der Waals surface area contributed by atoms with Crippen LogP contribution in [0.3, 0.4) is 0 Å². The minimum absolute atomic E-state index is 0.0235. The van der Waals surface area contributed by atoms with Crippen LogP contribution in [0.25, 0.3) is 0 Å². The van der Waals surface area contributed by atoms with Crippen molar-refractivity contribution in [3.05, 3.63) is 35.3 Å². The van der Waals surface area contributed by atoms with Gasteiger partial charge in [-0.05, 0) is 37.8 Å². The first-order chi connectivity index (χ1) is 12.2. The molecule has 0 radical (unpaired) electrons. The molecule has 1 aromatic heterocycles. The summed E-state index contributed by atoms with van der Waals surface area (Å²) in [5, 5.41) is 13.9. The molecule has 2 heterocycles. The van der Waals surface area contributed by atoms with Crippen LogP contribution in [0.4, 0.5) is 5.13 Å². The summed E-state index contributed by atoms with van der Waals surface area (Å²) in [7, 11) is 0. The third-order valence-electron chi connectivity index (χ3n) is 4.89. The number of carbonyl (C=O) groups is 2. The maximum atomic E-state index is 12.4. The Morgan fingerprint density at radius 1 is 1.32 bits per heavy atom. The lowest BCUT2D eigenvalue weighted by atomic mass is 9.78. The molecule has 1 aliphatic carbocycles. The number of hydrogen-bond donors (Lipinski definition) is 2. The highest BCUT2D eigenvalue weighted by Gasteiger charge is 2.41. The van der Waals surface area contributed by atoms with Gasteiger partial charge in [-0.25, -0.2) is 0 Å². The maximum Gasteiger partial charge on any atom is 0.255 e. The molecule has 0 unspecified atom stereocenters. The monoisotopic (exact) mass is 358 g/mol. The van der Waals surface area contributed by atoms with Crippen molar-refractivity contribution in [1.29, 1.82) is 0 Å². The Hall–Kier alpha value is -2.48. The summed E-state index contributed by atoms with van der Waals surface area (Å²) in [5.41, 5.74) is 1.71. The van der Waals surface area contributed by atoms with E-state index in [1.54, 1.807) is 11.6 Å². The summed E-state index contributed by atoms with van der Waals surface area (Å²) in [6.07, 6.45) is 2.86. The average Bonchev–Trinajstić information content (AvgIpc) is 3.09. The van der Waals surface area contributed by atoms with Gasteiger partial charge in [0, 0.05) is 5.92 Å². The zero-order chi connectivity index (χ0) is 17.3. The number of ether oxygens (including phenoxy) is 1. The predicted molar refractivity (Wildman–Crippen MR) is 92.6 cm³/mol. The van der Waals surface area contributed by atoms with Gasteiger partial charge >= 0.3 is 0 Å². The van der Waals surface area contributed by atoms with E-state index >= 15 is 0 Å². The molecule has 1 aromatic carbocycles. The number of nitrogens with one attached hydrogen (secondary N) is 2. The lowest BCUT2D eigenvalue weighted by molar-refractivity contribution is -0.122. The number of anilines is 1. The lowest BCUT2D eigenvalue weighted by Gasteiger charge is -2.38. The van der Waals surface area contributed by atoms with E-state index in [0.29, 0.717) is 35.8 Å². The molecule has 4 rings (SSSR count). The molecule has 1 spiro atoms. The molecule has 7 nitrogen and oxygen atoms in total. The fraction of sp³-hybridized carbons (Fsp3) is 0.412. The van der Waals surface area contributed by atoms with Gasteiger partial charge in [-0.2, -0.15) is 0 Å². The molecule has 2 amide bonds.